The van der Waals surface area contributed by atoms with Gasteiger partial charge in [0.15, 0.2) is 0 Å². The molecule has 6 heteroatoms. The van der Waals surface area contributed by atoms with Gasteiger partial charge in [0, 0.05) is 5.41 Å². The van der Waals surface area contributed by atoms with Crippen LogP contribution in [0.3, 0.4) is 0 Å². The Hall–Kier alpha value is -2.24. The molecule has 0 aliphatic rings. The highest BCUT2D eigenvalue weighted by Crippen LogP contribution is 2.34. The van der Waals surface area contributed by atoms with Crippen LogP contribution in [0.1, 0.15) is 46.7 Å². The molecule has 0 bridgehead atoms. The number of hydrogen-bond donors (Lipinski definition) is 0. The number of nitrogens with zero attached hydrogens (tertiary/aromatic N) is 6. The summed E-state index contributed by atoms with van der Waals surface area (Å²) in [4.78, 5) is 2.88. The topological polar surface area (TPSA) is 61.4 Å². The zero-order valence-electron chi connectivity index (χ0n) is 13.8. The van der Waals surface area contributed by atoms with E-state index in [2.05, 4.69) is 55.0 Å². The number of rotatable bonds is 3. The van der Waals surface area contributed by atoms with Crippen LogP contribution in [0.25, 0.3) is 11.0 Å². The van der Waals surface area contributed by atoms with Crippen molar-refractivity contribution in [3.63, 3.8) is 0 Å². The van der Waals surface area contributed by atoms with Gasteiger partial charge in [-0.3, -0.25) is 0 Å². The highest BCUT2D eigenvalue weighted by molar-refractivity contribution is 5.72. The molecule has 2 aromatic heterocycles. The van der Waals surface area contributed by atoms with Gasteiger partial charge in [-0.2, -0.15) is 0 Å². The first-order valence-electron chi connectivity index (χ1n) is 7.50. The van der Waals surface area contributed by atoms with E-state index in [0.29, 0.717) is 0 Å². The summed E-state index contributed by atoms with van der Waals surface area (Å²) in [6.45, 7) is 11.1. The van der Waals surface area contributed by atoms with E-state index >= 15 is 0 Å². The fraction of sp³-hybridized carbons (Fsp3) is 0.500. The van der Waals surface area contributed by atoms with Crippen LogP contribution in [0.4, 0.5) is 0 Å². The molecule has 0 radical (unpaired) electrons. The molecule has 6 nitrogen and oxygen atoms in total. The molecule has 0 saturated heterocycles. The second kappa shape index (κ2) is 4.90. The average Bonchev–Trinajstić information content (AvgIpc) is 3.03. The SMILES string of the molecule is CC(C)(C)CC(C)(C)c1cnn(-n2nc3ccccc3n2)n1. The van der Waals surface area contributed by atoms with Crippen LogP contribution in [-0.4, -0.2) is 30.2 Å². The maximum absolute atomic E-state index is 4.58. The van der Waals surface area contributed by atoms with Gasteiger partial charge in [-0.05, 0) is 33.8 Å². The summed E-state index contributed by atoms with van der Waals surface area (Å²) in [6, 6.07) is 7.73. The Labute approximate surface area is 130 Å². The highest BCUT2D eigenvalue weighted by atomic mass is 15.8. The number of hydrogen-bond acceptors (Lipinski definition) is 4. The molecule has 1 aromatic carbocycles. The third-order valence-electron chi connectivity index (χ3n) is 3.58. The van der Waals surface area contributed by atoms with Gasteiger partial charge in [0.1, 0.15) is 11.0 Å². The Kier molecular flexibility index (Phi) is 3.27. The molecular weight excluding hydrogens is 276 g/mol. The zero-order chi connectivity index (χ0) is 16.0. The van der Waals surface area contributed by atoms with Crippen LogP contribution < -0.4 is 0 Å². The van der Waals surface area contributed by atoms with Gasteiger partial charge >= 0.3 is 0 Å². The lowest BCUT2D eigenvalue weighted by atomic mass is 9.75. The van der Waals surface area contributed by atoms with E-state index in [1.54, 1.807) is 6.20 Å². The summed E-state index contributed by atoms with van der Waals surface area (Å²) < 4.78 is 0. The van der Waals surface area contributed by atoms with E-state index < -0.39 is 0 Å². The normalized spacial score (nSPS) is 13.0. The van der Waals surface area contributed by atoms with Gasteiger partial charge in [0.2, 0.25) is 0 Å². The molecule has 2 heterocycles. The molecule has 0 saturated carbocycles. The predicted octanol–water partition coefficient (Wildman–Crippen LogP) is 3.05. The van der Waals surface area contributed by atoms with Crippen molar-refractivity contribution in [2.24, 2.45) is 5.41 Å². The summed E-state index contributed by atoms with van der Waals surface area (Å²) in [7, 11) is 0. The molecule has 116 valence electrons. The second-order valence-electron chi connectivity index (χ2n) is 7.58. The predicted molar refractivity (Wildman–Crippen MR) is 85.4 cm³/mol. The standard InChI is InChI=1S/C16H22N6/c1-15(2,3)11-16(4,5)14-10-17-21(20-14)22-18-12-8-6-7-9-13(12)19-22/h6-10H,11H2,1-5H3. The van der Waals surface area contributed by atoms with Crippen molar-refractivity contribution in [1.82, 2.24) is 30.2 Å². The van der Waals surface area contributed by atoms with E-state index in [-0.39, 0.29) is 10.8 Å². The van der Waals surface area contributed by atoms with Crippen LogP contribution in [0.2, 0.25) is 0 Å². The third-order valence-corrected chi connectivity index (χ3v) is 3.58. The zero-order valence-corrected chi connectivity index (χ0v) is 13.8. The Morgan fingerprint density at radius 2 is 1.45 bits per heavy atom. The van der Waals surface area contributed by atoms with E-state index in [0.717, 1.165) is 23.1 Å². The lowest BCUT2D eigenvalue weighted by Gasteiger charge is -2.30. The molecule has 0 aliphatic carbocycles. The molecule has 0 amide bonds. The average molecular weight is 298 g/mol. The minimum atomic E-state index is -0.0525. The van der Waals surface area contributed by atoms with Gasteiger partial charge in [-0.1, -0.05) is 46.8 Å². The lowest BCUT2D eigenvalue weighted by Crippen LogP contribution is -2.26. The monoisotopic (exact) mass is 298 g/mol. The molecule has 0 aliphatic heterocycles. The molecule has 3 aromatic rings. The molecule has 22 heavy (non-hydrogen) atoms. The quantitative estimate of drug-likeness (QED) is 0.745. The number of benzene rings is 1. The Morgan fingerprint density at radius 1 is 0.864 bits per heavy atom. The molecule has 0 fully saturated rings. The summed E-state index contributed by atoms with van der Waals surface area (Å²) in [6.07, 6.45) is 2.83. The first-order valence-corrected chi connectivity index (χ1v) is 7.50. The van der Waals surface area contributed by atoms with Crippen molar-refractivity contribution in [3.8, 4) is 0 Å². The fourth-order valence-corrected chi connectivity index (χ4v) is 3.00. The summed E-state index contributed by atoms with van der Waals surface area (Å²) in [5, 5.41) is 17.7. The summed E-state index contributed by atoms with van der Waals surface area (Å²) in [5.74, 6) is 0. The summed E-state index contributed by atoms with van der Waals surface area (Å²) in [5.41, 5.74) is 2.78. The van der Waals surface area contributed by atoms with Crippen LogP contribution in [0.5, 0.6) is 0 Å². The molecule has 0 unspecified atom stereocenters. The lowest BCUT2D eigenvalue weighted by molar-refractivity contribution is 0.276. The van der Waals surface area contributed by atoms with Crippen LogP contribution >= 0.6 is 0 Å². The van der Waals surface area contributed by atoms with Crippen LogP contribution in [-0.2, 0) is 5.41 Å². The largest absolute Gasteiger partial charge is 0.137 e. The van der Waals surface area contributed by atoms with Crippen molar-refractivity contribution < 1.29 is 0 Å². The van der Waals surface area contributed by atoms with Crippen LogP contribution in [0, 0.1) is 5.41 Å². The van der Waals surface area contributed by atoms with Crippen molar-refractivity contribution >= 4 is 11.0 Å². The fourth-order valence-electron chi connectivity index (χ4n) is 3.00. The van der Waals surface area contributed by atoms with E-state index in [9.17, 15) is 0 Å². The Morgan fingerprint density at radius 3 is 2.00 bits per heavy atom. The second-order valence-corrected chi connectivity index (χ2v) is 7.58. The molecule has 0 spiro atoms. The van der Waals surface area contributed by atoms with Crippen molar-refractivity contribution in [1.29, 1.82) is 0 Å². The number of aromatic nitrogens is 6. The van der Waals surface area contributed by atoms with Crippen molar-refractivity contribution in [3.05, 3.63) is 36.2 Å². The minimum Gasteiger partial charge on any atom is -0.137 e. The van der Waals surface area contributed by atoms with E-state index in [1.165, 1.54) is 9.81 Å². The Balaban J connectivity index is 1.93. The van der Waals surface area contributed by atoms with E-state index in [1.807, 2.05) is 24.3 Å². The van der Waals surface area contributed by atoms with Gasteiger partial charge in [-0.15, -0.1) is 20.4 Å². The molecule has 0 N–H and O–H groups in total. The molecule has 3 rings (SSSR count). The van der Waals surface area contributed by atoms with Gasteiger partial charge in [0.05, 0.1) is 11.9 Å². The minimum absolute atomic E-state index is 0.0525. The maximum Gasteiger partial charge on any atom is 0.115 e. The molecular formula is C16H22N6. The van der Waals surface area contributed by atoms with E-state index in [4.69, 9.17) is 0 Å². The third kappa shape index (κ3) is 2.86. The van der Waals surface area contributed by atoms with Gasteiger partial charge in [0.25, 0.3) is 0 Å². The van der Waals surface area contributed by atoms with Crippen molar-refractivity contribution in [2.75, 3.05) is 0 Å². The first-order chi connectivity index (χ1) is 10.2. The first kappa shape index (κ1) is 14.7. The molecule has 0 atom stereocenters. The smallest absolute Gasteiger partial charge is 0.115 e. The van der Waals surface area contributed by atoms with Crippen molar-refractivity contribution in [2.45, 2.75) is 46.5 Å². The Bertz CT molecular complexity index is 757. The maximum atomic E-state index is 4.58. The number of fused-ring (bicyclic) bond motifs is 1. The highest BCUT2D eigenvalue weighted by Gasteiger charge is 2.30. The van der Waals surface area contributed by atoms with Gasteiger partial charge < -0.3 is 0 Å². The summed E-state index contributed by atoms with van der Waals surface area (Å²) >= 11 is 0. The van der Waals surface area contributed by atoms with Crippen LogP contribution in [0.15, 0.2) is 30.5 Å². The van der Waals surface area contributed by atoms with Gasteiger partial charge in [-0.25, -0.2) is 0 Å².